The molecule has 1 amide bonds. The Kier molecular flexibility index (Phi) is 5.33. The van der Waals surface area contributed by atoms with Crippen molar-refractivity contribution in [1.82, 2.24) is 4.57 Å². The molecule has 1 aliphatic heterocycles. The van der Waals surface area contributed by atoms with Crippen LogP contribution in [0, 0.1) is 0 Å². The summed E-state index contributed by atoms with van der Waals surface area (Å²) in [6.07, 6.45) is 1.65. The second-order valence-corrected chi connectivity index (χ2v) is 8.56. The molecular weight excluding hydrogens is 391 g/mol. The van der Waals surface area contributed by atoms with Gasteiger partial charge in [0, 0.05) is 23.0 Å². The Balaban J connectivity index is 1.64. The topological polar surface area (TPSA) is 69.6 Å². The van der Waals surface area contributed by atoms with Gasteiger partial charge in [-0.1, -0.05) is 36.4 Å². The minimum Gasteiger partial charge on any atom is -0.399 e. The van der Waals surface area contributed by atoms with E-state index in [1.165, 1.54) is 10.6 Å². The van der Waals surface area contributed by atoms with Crippen molar-refractivity contribution in [2.75, 3.05) is 5.32 Å². The molecule has 0 radical (unpaired) electrons. The lowest BCUT2D eigenvalue weighted by Crippen LogP contribution is -2.41. The first-order chi connectivity index (χ1) is 14.7. The van der Waals surface area contributed by atoms with Gasteiger partial charge in [-0.2, -0.15) is 0 Å². The van der Waals surface area contributed by atoms with Crippen LogP contribution in [0.5, 0.6) is 0 Å². The lowest BCUT2D eigenvalue weighted by atomic mass is 9.78. The maximum atomic E-state index is 13.0. The molecule has 1 aromatic heterocycles. The highest BCUT2D eigenvalue weighted by Crippen LogP contribution is 2.37. The number of hydrogen-bond acceptors (Lipinski definition) is 4. The van der Waals surface area contributed by atoms with E-state index in [4.69, 9.17) is 9.31 Å². The van der Waals surface area contributed by atoms with Gasteiger partial charge >= 0.3 is 7.12 Å². The smallest absolute Gasteiger partial charge is 0.399 e. The van der Waals surface area contributed by atoms with Crippen molar-refractivity contribution < 1.29 is 14.1 Å². The van der Waals surface area contributed by atoms with Crippen LogP contribution >= 0.6 is 0 Å². The Morgan fingerprint density at radius 2 is 1.48 bits per heavy atom. The number of nitrogens with zero attached hydrogens (tertiary/aromatic N) is 1. The number of para-hydroxylation sites is 2. The van der Waals surface area contributed by atoms with E-state index < -0.39 is 24.2 Å². The molecule has 0 spiro atoms. The molecule has 1 aliphatic rings. The third kappa shape index (κ3) is 3.94. The van der Waals surface area contributed by atoms with E-state index in [1.54, 1.807) is 18.3 Å². The summed E-state index contributed by atoms with van der Waals surface area (Å²) in [6, 6.07) is 19.7. The van der Waals surface area contributed by atoms with E-state index >= 15 is 0 Å². The lowest BCUT2D eigenvalue weighted by molar-refractivity contribution is 0.00578. The second kappa shape index (κ2) is 7.83. The lowest BCUT2D eigenvalue weighted by Gasteiger charge is -2.32. The van der Waals surface area contributed by atoms with Crippen LogP contribution in [0.4, 0.5) is 5.69 Å². The zero-order valence-electron chi connectivity index (χ0n) is 18.1. The molecule has 0 atom stereocenters. The van der Waals surface area contributed by atoms with Gasteiger partial charge < -0.3 is 14.6 Å². The fraction of sp³-hybridized carbons (Fsp3) is 0.250. The standard InChI is InChI=1S/C24H25BN2O4/c1-23(2)24(3,4)31-25(30-23)19-14-8-9-15-20(19)26-21(28)18-13-10-16-27(22(18)29)17-11-6-5-7-12-17/h5-16H,1-4H3,(H,26,28). The largest absolute Gasteiger partial charge is 0.496 e. The van der Waals surface area contributed by atoms with Gasteiger partial charge in [-0.15, -0.1) is 0 Å². The number of nitrogens with one attached hydrogen (secondary N) is 1. The van der Waals surface area contributed by atoms with Crippen molar-refractivity contribution in [2.45, 2.75) is 38.9 Å². The number of anilines is 1. The zero-order valence-corrected chi connectivity index (χ0v) is 18.1. The molecule has 4 rings (SSSR count). The van der Waals surface area contributed by atoms with Crippen LogP contribution in [0.15, 0.2) is 77.7 Å². The number of aromatic nitrogens is 1. The molecule has 0 bridgehead atoms. The summed E-state index contributed by atoms with van der Waals surface area (Å²) in [5.74, 6) is -0.487. The van der Waals surface area contributed by atoms with Crippen LogP contribution in [0.25, 0.3) is 5.69 Å². The van der Waals surface area contributed by atoms with Crippen LogP contribution in [-0.4, -0.2) is 28.8 Å². The molecule has 7 heteroatoms. The van der Waals surface area contributed by atoms with E-state index in [2.05, 4.69) is 5.32 Å². The molecule has 1 fully saturated rings. The van der Waals surface area contributed by atoms with E-state index in [-0.39, 0.29) is 11.1 Å². The van der Waals surface area contributed by atoms with Gasteiger partial charge in [-0.3, -0.25) is 14.2 Å². The van der Waals surface area contributed by atoms with E-state index in [1.807, 2.05) is 76.2 Å². The highest BCUT2D eigenvalue weighted by molar-refractivity contribution is 6.64. The Hall–Kier alpha value is -3.16. The summed E-state index contributed by atoms with van der Waals surface area (Å²) < 4.78 is 13.7. The third-order valence-electron chi connectivity index (χ3n) is 5.94. The SMILES string of the molecule is CC1(C)OB(c2ccccc2NC(=O)c2cccn(-c3ccccc3)c2=O)OC1(C)C. The highest BCUT2D eigenvalue weighted by Gasteiger charge is 2.52. The number of rotatable bonds is 4. The van der Waals surface area contributed by atoms with Gasteiger partial charge in [0.05, 0.1) is 11.2 Å². The number of carbonyl (C=O) groups is 1. The first-order valence-corrected chi connectivity index (χ1v) is 10.2. The second-order valence-electron chi connectivity index (χ2n) is 8.56. The maximum Gasteiger partial charge on any atom is 0.496 e. The molecule has 3 aromatic rings. The van der Waals surface area contributed by atoms with Crippen molar-refractivity contribution >= 4 is 24.2 Å². The normalized spacial score (nSPS) is 16.8. The van der Waals surface area contributed by atoms with Gasteiger partial charge in [-0.25, -0.2) is 0 Å². The fourth-order valence-corrected chi connectivity index (χ4v) is 3.43. The minimum absolute atomic E-state index is 0.0510. The molecule has 0 saturated carbocycles. The van der Waals surface area contributed by atoms with E-state index in [0.717, 1.165) is 0 Å². The van der Waals surface area contributed by atoms with Crippen molar-refractivity contribution in [3.05, 3.63) is 88.8 Å². The minimum atomic E-state index is -0.627. The van der Waals surface area contributed by atoms with Gasteiger partial charge in [0.1, 0.15) is 5.56 Å². The molecule has 31 heavy (non-hydrogen) atoms. The maximum absolute atomic E-state index is 13.0. The first kappa shape index (κ1) is 21.1. The molecular formula is C24H25BN2O4. The molecule has 0 unspecified atom stereocenters. The predicted octanol–water partition coefficient (Wildman–Crippen LogP) is 3.39. The first-order valence-electron chi connectivity index (χ1n) is 10.2. The number of amides is 1. The Labute approximate surface area is 182 Å². The van der Waals surface area contributed by atoms with Crippen LogP contribution in [0.1, 0.15) is 38.1 Å². The van der Waals surface area contributed by atoms with Crippen LogP contribution in [0.2, 0.25) is 0 Å². The van der Waals surface area contributed by atoms with Crippen LogP contribution < -0.4 is 16.3 Å². The number of carbonyl (C=O) groups excluding carboxylic acids is 1. The molecule has 158 valence electrons. The number of hydrogen-bond donors (Lipinski definition) is 1. The van der Waals surface area contributed by atoms with Crippen molar-refractivity contribution in [2.24, 2.45) is 0 Å². The average Bonchev–Trinajstić information content (AvgIpc) is 2.96. The molecule has 0 aliphatic carbocycles. The van der Waals surface area contributed by atoms with Gasteiger partial charge in [0.15, 0.2) is 0 Å². The zero-order chi connectivity index (χ0) is 22.2. The van der Waals surface area contributed by atoms with Crippen LogP contribution in [0.3, 0.4) is 0 Å². The Morgan fingerprint density at radius 1 is 0.871 bits per heavy atom. The Morgan fingerprint density at radius 3 is 2.16 bits per heavy atom. The summed E-state index contributed by atoms with van der Waals surface area (Å²) in [6.45, 7) is 7.91. The van der Waals surface area contributed by atoms with E-state index in [0.29, 0.717) is 16.8 Å². The van der Waals surface area contributed by atoms with Crippen LogP contribution in [-0.2, 0) is 9.31 Å². The van der Waals surface area contributed by atoms with Crippen molar-refractivity contribution in [3.8, 4) is 5.69 Å². The van der Waals surface area contributed by atoms with E-state index in [9.17, 15) is 9.59 Å². The monoisotopic (exact) mass is 416 g/mol. The highest BCUT2D eigenvalue weighted by atomic mass is 16.7. The molecule has 1 N–H and O–H groups in total. The number of benzene rings is 2. The molecule has 6 nitrogen and oxygen atoms in total. The quantitative estimate of drug-likeness (QED) is 0.662. The average molecular weight is 416 g/mol. The third-order valence-corrected chi connectivity index (χ3v) is 5.94. The summed E-state index contributed by atoms with van der Waals surface area (Å²) in [5, 5.41) is 2.87. The van der Waals surface area contributed by atoms with Gasteiger partial charge in [-0.05, 0) is 58.0 Å². The van der Waals surface area contributed by atoms with Crippen molar-refractivity contribution in [1.29, 1.82) is 0 Å². The molecule has 2 aromatic carbocycles. The molecule has 2 heterocycles. The van der Waals surface area contributed by atoms with Gasteiger partial charge in [0.25, 0.3) is 11.5 Å². The Bertz CT molecular complexity index is 1160. The summed E-state index contributed by atoms with van der Waals surface area (Å²) >= 11 is 0. The fourth-order valence-electron chi connectivity index (χ4n) is 3.43. The molecule has 1 saturated heterocycles. The number of pyridine rings is 1. The van der Waals surface area contributed by atoms with Gasteiger partial charge in [0.2, 0.25) is 0 Å². The summed E-state index contributed by atoms with van der Waals surface area (Å²) in [5.41, 5.74) is 0.596. The summed E-state index contributed by atoms with van der Waals surface area (Å²) in [4.78, 5) is 26.0. The predicted molar refractivity (Wildman–Crippen MR) is 122 cm³/mol. The summed E-state index contributed by atoms with van der Waals surface area (Å²) in [7, 11) is -0.627. The van der Waals surface area contributed by atoms with Crippen molar-refractivity contribution in [3.63, 3.8) is 0 Å².